The van der Waals surface area contributed by atoms with Gasteiger partial charge in [-0.05, 0) is 36.4 Å². The van der Waals surface area contributed by atoms with Gasteiger partial charge in [0.1, 0.15) is 36.2 Å². The second-order valence-electron chi connectivity index (χ2n) is 7.08. The largest absolute Gasteiger partial charge is 0.486 e. The van der Waals surface area contributed by atoms with Crippen LogP contribution in [-0.4, -0.2) is 28.6 Å². The maximum Gasteiger partial charge on any atom is 0.333 e. The average Bonchev–Trinajstić information content (AvgIpc) is 3.14. The Bertz CT molecular complexity index is 1370. The van der Waals surface area contributed by atoms with Gasteiger partial charge in [0.25, 0.3) is 0 Å². The minimum Gasteiger partial charge on any atom is -0.486 e. The molecule has 31 heavy (non-hydrogen) atoms. The Balaban J connectivity index is 1.64. The number of pyridine rings is 1. The van der Waals surface area contributed by atoms with Crippen molar-refractivity contribution in [2.24, 2.45) is 0 Å². The first-order valence-corrected chi connectivity index (χ1v) is 9.96. The fraction of sp³-hybridized carbons (Fsp3) is 0.0909. The summed E-state index contributed by atoms with van der Waals surface area (Å²) < 4.78 is 27.9. The summed E-state index contributed by atoms with van der Waals surface area (Å²) in [7, 11) is 0. The summed E-state index contributed by atoms with van der Waals surface area (Å²) in [6.45, 7) is 0.877. The standard InChI is InChI=1S/C22H14ClFN4O3/c23-13-3-1-4-14(24)19(13)20-21-27(12-7-8-15-16(11-12)31-10-9-30-15)22(29)26-18-6-2-5-17(25-20)28(18)21/h1-8,11H,9-10H2,(H,26,29). The summed E-state index contributed by atoms with van der Waals surface area (Å²) in [6, 6.07) is 14.5. The maximum atomic E-state index is 14.9. The van der Waals surface area contributed by atoms with E-state index in [0.29, 0.717) is 47.7 Å². The molecule has 0 atom stereocenters. The minimum atomic E-state index is -0.526. The number of nitrogens with one attached hydrogen (secondary N) is 1. The maximum absolute atomic E-state index is 14.9. The van der Waals surface area contributed by atoms with Crippen LogP contribution < -0.4 is 19.7 Å². The van der Waals surface area contributed by atoms with E-state index in [-0.39, 0.29) is 16.3 Å². The van der Waals surface area contributed by atoms with Gasteiger partial charge in [-0.25, -0.2) is 19.1 Å². The van der Waals surface area contributed by atoms with Gasteiger partial charge in [0.15, 0.2) is 17.3 Å². The third kappa shape index (κ3) is 2.65. The molecular weight excluding hydrogens is 423 g/mol. The number of aromatic nitrogens is 2. The lowest BCUT2D eigenvalue weighted by atomic mass is 10.1. The number of hydrogen-bond acceptors (Lipinski definition) is 4. The van der Waals surface area contributed by atoms with Crippen LogP contribution in [0.3, 0.4) is 0 Å². The molecule has 2 aromatic carbocycles. The quantitative estimate of drug-likeness (QED) is 0.466. The summed E-state index contributed by atoms with van der Waals surface area (Å²) >= 11 is 6.36. The average molecular weight is 437 g/mol. The molecule has 0 saturated carbocycles. The van der Waals surface area contributed by atoms with Crippen LogP contribution in [0.25, 0.3) is 16.9 Å². The zero-order valence-corrected chi connectivity index (χ0v) is 16.7. The second kappa shape index (κ2) is 6.61. The Morgan fingerprint density at radius 1 is 1.03 bits per heavy atom. The Labute approximate surface area is 180 Å². The van der Waals surface area contributed by atoms with Crippen LogP contribution in [0.1, 0.15) is 0 Å². The van der Waals surface area contributed by atoms with Crippen molar-refractivity contribution >= 4 is 40.6 Å². The van der Waals surface area contributed by atoms with Crippen LogP contribution in [0.2, 0.25) is 5.02 Å². The first-order valence-electron chi connectivity index (χ1n) is 9.58. The topological polar surface area (TPSA) is 68.1 Å². The van der Waals surface area contributed by atoms with E-state index in [1.54, 1.807) is 46.9 Å². The van der Waals surface area contributed by atoms with E-state index in [0.717, 1.165) is 0 Å². The van der Waals surface area contributed by atoms with Crippen molar-refractivity contribution < 1.29 is 18.7 Å². The van der Waals surface area contributed by atoms with E-state index < -0.39 is 11.8 Å². The van der Waals surface area contributed by atoms with Gasteiger partial charge in [-0.15, -0.1) is 0 Å². The molecule has 4 heterocycles. The third-order valence-electron chi connectivity index (χ3n) is 5.25. The molecule has 0 aliphatic carbocycles. The van der Waals surface area contributed by atoms with Crippen molar-refractivity contribution in [3.8, 4) is 22.8 Å². The van der Waals surface area contributed by atoms with Crippen LogP contribution in [0, 0.1) is 5.82 Å². The van der Waals surface area contributed by atoms with E-state index in [4.69, 9.17) is 21.1 Å². The molecule has 0 unspecified atom stereocenters. The number of ether oxygens (including phenoxy) is 2. The predicted octanol–water partition coefficient (Wildman–Crippen LogP) is 5.25. The molecule has 0 saturated heterocycles. The summed E-state index contributed by atoms with van der Waals surface area (Å²) in [5.74, 6) is 1.52. The highest BCUT2D eigenvalue weighted by Gasteiger charge is 2.34. The highest BCUT2D eigenvalue weighted by atomic mass is 35.5. The van der Waals surface area contributed by atoms with Crippen LogP contribution in [0.4, 0.5) is 26.5 Å². The van der Waals surface area contributed by atoms with Gasteiger partial charge in [0, 0.05) is 6.07 Å². The zero-order chi connectivity index (χ0) is 21.1. The molecule has 0 fully saturated rings. The first-order chi connectivity index (χ1) is 15.1. The van der Waals surface area contributed by atoms with Gasteiger partial charge in [-0.3, -0.25) is 9.72 Å². The van der Waals surface area contributed by atoms with Crippen LogP contribution in [0.5, 0.6) is 11.5 Å². The fourth-order valence-corrected chi connectivity index (χ4v) is 4.20. The second-order valence-corrected chi connectivity index (χ2v) is 7.49. The molecule has 9 heteroatoms. The molecule has 0 bridgehead atoms. The molecule has 2 aliphatic heterocycles. The van der Waals surface area contributed by atoms with Gasteiger partial charge in [0.05, 0.1) is 16.3 Å². The number of anilines is 3. The highest BCUT2D eigenvalue weighted by Crippen LogP contribution is 2.44. The molecule has 0 spiro atoms. The number of halogens is 2. The van der Waals surface area contributed by atoms with Crippen molar-refractivity contribution in [3.63, 3.8) is 0 Å². The number of rotatable bonds is 2. The zero-order valence-electron chi connectivity index (χ0n) is 15.9. The minimum absolute atomic E-state index is 0.131. The number of urea groups is 1. The van der Waals surface area contributed by atoms with E-state index in [9.17, 15) is 9.18 Å². The van der Waals surface area contributed by atoms with E-state index in [1.807, 2.05) is 0 Å². The molecule has 4 aromatic rings. The van der Waals surface area contributed by atoms with Crippen molar-refractivity contribution in [3.05, 3.63) is 65.4 Å². The Morgan fingerprint density at radius 2 is 1.84 bits per heavy atom. The molecule has 2 amide bonds. The van der Waals surface area contributed by atoms with E-state index in [2.05, 4.69) is 10.3 Å². The van der Waals surface area contributed by atoms with Crippen LogP contribution in [-0.2, 0) is 0 Å². The number of amides is 2. The van der Waals surface area contributed by atoms with Crippen molar-refractivity contribution in [1.82, 2.24) is 9.38 Å². The molecule has 7 nitrogen and oxygen atoms in total. The summed E-state index contributed by atoms with van der Waals surface area (Å²) in [4.78, 5) is 19.2. The lowest BCUT2D eigenvalue weighted by Crippen LogP contribution is -2.36. The van der Waals surface area contributed by atoms with Crippen LogP contribution >= 0.6 is 11.6 Å². The molecule has 154 valence electrons. The molecular formula is C22H14ClFN4O3. The van der Waals surface area contributed by atoms with Gasteiger partial charge < -0.3 is 9.47 Å². The normalized spacial score (nSPS) is 14.6. The summed E-state index contributed by atoms with van der Waals surface area (Å²) in [5.41, 5.74) is 1.46. The van der Waals surface area contributed by atoms with Crippen molar-refractivity contribution in [2.75, 3.05) is 23.4 Å². The number of fused-ring (bicyclic) bond motifs is 1. The Kier molecular flexibility index (Phi) is 3.85. The number of nitrogens with zero attached hydrogens (tertiary/aromatic N) is 3. The van der Waals surface area contributed by atoms with Gasteiger partial charge in [-0.1, -0.05) is 23.7 Å². The highest BCUT2D eigenvalue weighted by molar-refractivity contribution is 6.33. The fourth-order valence-electron chi connectivity index (χ4n) is 3.95. The number of imidazole rings is 1. The van der Waals surface area contributed by atoms with Crippen molar-refractivity contribution in [1.29, 1.82) is 0 Å². The smallest absolute Gasteiger partial charge is 0.333 e. The van der Waals surface area contributed by atoms with Gasteiger partial charge in [0.2, 0.25) is 0 Å². The lowest BCUT2D eigenvalue weighted by molar-refractivity contribution is 0.171. The van der Waals surface area contributed by atoms with Gasteiger partial charge >= 0.3 is 6.03 Å². The molecule has 0 radical (unpaired) electrons. The number of carbonyl (C=O) groups excluding carboxylic acids is 1. The molecule has 6 rings (SSSR count). The summed E-state index contributed by atoms with van der Waals surface area (Å²) in [5, 5.41) is 3.06. The monoisotopic (exact) mass is 436 g/mol. The predicted molar refractivity (Wildman–Crippen MR) is 114 cm³/mol. The summed E-state index contributed by atoms with van der Waals surface area (Å²) in [6.07, 6.45) is 0. The van der Waals surface area contributed by atoms with E-state index >= 15 is 0 Å². The van der Waals surface area contributed by atoms with Gasteiger partial charge in [-0.2, -0.15) is 0 Å². The Morgan fingerprint density at radius 3 is 2.68 bits per heavy atom. The first kappa shape index (κ1) is 18.0. The SMILES string of the molecule is O=C1Nc2cccc3nc(-c4c(F)cccc4Cl)c(n23)N1c1ccc2c(c1)OCCO2. The van der Waals surface area contributed by atoms with E-state index in [1.165, 1.54) is 17.0 Å². The Hall–Kier alpha value is -3.78. The van der Waals surface area contributed by atoms with Crippen LogP contribution in [0.15, 0.2) is 54.6 Å². The molecule has 2 aromatic heterocycles. The molecule has 2 aliphatic rings. The molecule has 1 N–H and O–H groups in total. The number of benzene rings is 2. The number of hydrogen-bond donors (Lipinski definition) is 1. The third-order valence-corrected chi connectivity index (χ3v) is 5.57. The number of carbonyl (C=O) groups is 1. The van der Waals surface area contributed by atoms with Crippen molar-refractivity contribution in [2.45, 2.75) is 0 Å². The lowest BCUT2D eigenvalue weighted by Gasteiger charge is -2.30.